The van der Waals surface area contributed by atoms with Crippen LogP contribution in [0, 0.1) is 0 Å². The second-order valence-corrected chi connectivity index (χ2v) is 7.15. The van der Waals surface area contributed by atoms with E-state index in [4.69, 9.17) is 16.6 Å². The number of benzene rings is 2. The highest BCUT2D eigenvalue weighted by molar-refractivity contribution is 6.47. The maximum atomic E-state index is 12.4. The first kappa shape index (κ1) is 16.3. The van der Waals surface area contributed by atoms with E-state index in [1.54, 1.807) is 12.1 Å². The average molecular weight is 354 g/mol. The molecule has 2 aliphatic heterocycles. The largest absolute Gasteiger partial charge is 0.326 e. The molecule has 128 valence electrons. The van der Waals surface area contributed by atoms with E-state index in [1.165, 1.54) is 5.56 Å². The molecule has 1 N–H and O–H groups in total. The fourth-order valence-corrected chi connectivity index (χ4v) is 3.74. The van der Waals surface area contributed by atoms with Gasteiger partial charge in [0.1, 0.15) is 11.4 Å². The Labute approximate surface area is 152 Å². The Morgan fingerprint density at radius 1 is 1.08 bits per heavy atom. The minimum Gasteiger partial charge on any atom is -0.326 e. The number of amides is 1. The van der Waals surface area contributed by atoms with Crippen LogP contribution < -0.4 is 5.32 Å². The number of aliphatic imine (C=N–C) groups is 1. The average Bonchev–Trinajstić information content (AvgIpc) is 2.94. The summed E-state index contributed by atoms with van der Waals surface area (Å²) in [6.45, 7) is 2.78. The third-order valence-electron chi connectivity index (χ3n) is 4.92. The van der Waals surface area contributed by atoms with Gasteiger partial charge in [0.05, 0.1) is 0 Å². The normalized spacial score (nSPS) is 19.7. The Bertz CT molecular complexity index is 811. The van der Waals surface area contributed by atoms with Gasteiger partial charge in [0.15, 0.2) is 0 Å². The number of carbonyl (C=O) groups is 1. The molecule has 0 bridgehead atoms. The van der Waals surface area contributed by atoms with E-state index in [1.807, 2.05) is 18.2 Å². The monoisotopic (exact) mass is 353 g/mol. The third-order valence-corrected chi connectivity index (χ3v) is 5.15. The Morgan fingerprint density at radius 3 is 2.56 bits per heavy atom. The number of nitrogens with one attached hydrogen (secondary N) is 1. The molecule has 0 aliphatic carbocycles. The van der Waals surface area contributed by atoms with Crippen LogP contribution in [0.3, 0.4) is 0 Å². The lowest BCUT2D eigenvalue weighted by Gasteiger charge is -2.37. The summed E-state index contributed by atoms with van der Waals surface area (Å²) in [4.78, 5) is 19.6. The first-order chi connectivity index (χ1) is 12.1. The Morgan fingerprint density at radius 2 is 1.84 bits per heavy atom. The highest BCUT2D eigenvalue weighted by Gasteiger charge is 2.42. The second kappa shape index (κ2) is 6.62. The molecule has 5 heteroatoms. The summed E-state index contributed by atoms with van der Waals surface area (Å²) in [5.41, 5.74) is 2.15. The van der Waals surface area contributed by atoms with E-state index in [0.29, 0.717) is 10.7 Å². The summed E-state index contributed by atoms with van der Waals surface area (Å²) in [6, 6.07) is 17.8. The molecule has 0 atom stereocenters. The lowest BCUT2D eigenvalue weighted by molar-refractivity contribution is -0.115. The summed E-state index contributed by atoms with van der Waals surface area (Å²) in [5.74, 6) is -0.0984. The van der Waals surface area contributed by atoms with E-state index in [0.717, 1.165) is 38.0 Å². The van der Waals surface area contributed by atoms with Crippen LogP contribution in [0.4, 0.5) is 0 Å². The van der Waals surface area contributed by atoms with Crippen LogP contribution >= 0.6 is 11.6 Å². The molecule has 25 heavy (non-hydrogen) atoms. The molecule has 1 saturated heterocycles. The number of nitrogens with zero attached hydrogens (tertiary/aromatic N) is 2. The fraction of sp³-hybridized carbons (Fsp3) is 0.300. The molecule has 0 unspecified atom stereocenters. The summed E-state index contributed by atoms with van der Waals surface area (Å²) in [7, 11) is 0. The second-order valence-electron chi connectivity index (χ2n) is 6.72. The smallest absolute Gasteiger partial charge is 0.272 e. The van der Waals surface area contributed by atoms with Crippen molar-refractivity contribution < 1.29 is 4.79 Å². The minimum atomic E-state index is -0.456. The maximum absolute atomic E-state index is 12.4. The van der Waals surface area contributed by atoms with Crippen LogP contribution in [-0.2, 0) is 11.3 Å². The molecular formula is C20H20ClN3O. The van der Waals surface area contributed by atoms with E-state index in [2.05, 4.69) is 34.5 Å². The topological polar surface area (TPSA) is 44.7 Å². The number of carbonyl (C=O) groups excluding carboxylic acids is 1. The van der Waals surface area contributed by atoms with E-state index in [-0.39, 0.29) is 5.91 Å². The van der Waals surface area contributed by atoms with Gasteiger partial charge in [0, 0.05) is 43.1 Å². The zero-order chi connectivity index (χ0) is 17.3. The van der Waals surface area contributed by atoms with Gasteiger partial charge < -0.3 is 5.32 Å². The Balaban J connectivity index is 1.47. The molecule has 2 aromatic carbocycles. The SMILES string of the molecule is O=C1NC2(CCN(Cc3ccccc3)CC2)N=C1c1cccc(Cl)c1. The lowest BCUT2D eigenvalue weighted by Crippen LogP contribution is -2.50. The number of hydrogen-bond donors (Lipinski definition) is 1. The Hall–Kier alpha value is -2.17. The summed E-state index contributed by atoms with van der Waals surface area (Å²) >= 11 is 6.05. The number of likely N-dealkylation sites (tertiary alicyclic amines) is 1. The molecule has 4 rings (SSSR count). The minimum absolute atomic E-state index is 0.0984. The van der Waals surface area contributed by atoms with Gasteiger partial charge in [-0.2, -0.15) is 0 Å². The van der Waals surface area contributed by atoms with Gasteiger partial charge in [-0.1, -0.05) is 54.1 Å². The Kier molecular flexibility index (Phi) is 4.32. The van der Waals surface area contributed by atoms with Crippen LogP contribution in [0.25, 0.3) is 0 Å². The van der Waals surface area contributed by atoms with Gasteiger partial charge in [-0.3, -0.25) is 14.7 Å². The van der Waals surface area contributed by atoms with Crippen molar-refractivity contribution in [1.82, 2.24) is 10.2 Å². The number of piperidine rings is 1. The highest BCUT2D eigenvalue weighted by atomic mass is 35.5. The predicted octanol–water partition coefficient (Wildman–Crippen LogP) is 3.25. The van der Waals surface area contributed by atoms with Gasteiger partial charge in [0.25, 0.3) is 5.91 Å². The number of rotatable bonds is 3. The molecule has 2 aliphatic rings. The van der Waals surface area contributed by atoms with Crippen LogP contribution in [0.1, 0.15) is 24.0 Å². The third kappa shape index (κ3) is 3.46. The summed E-state index contributed by atoms with van der Waals surface area (Å²) in [5, 5.41) is 3.73. The predicted molar refractivity (Wildman–Crippen MR) is 99.8 cm³/mol. The first-order valence-electron chi connectivity index (χ1n) is 8.58. The van der Waals surface area contributed by atoms with Crippen LogP contribution in [0.15, 0.2) is 59.6 Å². The van der Waals surface area contributed by atoms with Crippen molar-refractivity contribution in [1.29, 1.82) is 0 Å². The zero-order valence-corrected chi connectivity index (χ0v) is 14.7. The van der Waals surface area contributed by atoms with Crippen molar-refractivity contribution in [2.75, 3.05) is 13.1 Å². The van der Waals surface area contributed by atoms with Crippen molar-refractivity contribution >= 4 is 23.2 Å². The molecule has 0 saturated carbocycles. The standard InChI is InChI=1S/C20H20ClN3O/c21-17-8-4-7-16(13-17)18-19(25)23-20(22-18)9-11-24(12-10-20)14-15-5-2-1-3-6-15/h1-8,13H,9-12,14H2,(H,23,25). The number of hydrogen-bond acceptors (Lipinski definition) is 3. The molecule has 4 nitrogen and oxygen atoms in total. The molecule has 2 heterocycles. The molecule has 1 amide bonds. The van der Waals surface area contributed by atoms with Gasteiger partial charge in [-0.15, -0.1) is 0 Å². The molecule has 1 fully saturated rings. The van der Waals surface area contributed by atoms with E-state index >= 15 is 0 Å². The molecule has 0 radical (unpaired) electrons. The van der Waals surface area contributed by atoms with Crippen LogP contribution in [-0.4, -0.2) is 35.3 Å². The quantitative estimate of drug-likeness (QED) is 0.920. The maximum Gasteiger partial charge on any atom is 0.272 e. The van der Waals surface area contributed by atoms with E-state index in [9.17, 15) is 4.79 Å². The molecular weight excluding hydrogens is 334 g/mol. The molecule has 2 aromatic rings. The summed E-state index contributed by atoms with van der Waals surface area (Å²) in [6.07, 6.45) is 1.66. The van der Waals surface area contributed by atoms with Gasteiger partial charge in [-0.25, -0.2) is 0 Å². The van der Waals surface area contributed by atoms with Crippen molar-refractivity contribution in [2.24, 2.45) is 4.99 Å². The van der Waals surface area contributed by atoms with Crippen molar-refractivity contribution in [3.8, 4) is 0 Å². The van der Waals surface area contributed by atoms with Gasteiger partial charge in [-0.05, 0) is 17.7 Å². The first-order valence-corrected chi connectivity index (χ1v) is 8.96. The van der Waals surface area contributed by atoms with Crippen LogP contribution in [0.2, 0.25) is 5.02 Å². The van der Waals surface area contributed by atoms with Crippen molar-refractivity contribution in [3.63, 3.8) is 0 Å². The van der Waals surface area contributed by atoms with E-state index < -0.39 is 5.66 Å². The van der Waals surface area contributed by atoms with Crippen molar-refractivity contribution in [2.45, 2.75) is 25.0 Å². The number of halogens is 1. The van der Waals surface area contributed by atoms with Crippen molar-refractivity contribution in [3.05, 3.63) is 70.7 Å². The molecule has 0 aromatic heterocycles. The van der Waals surface area contributed by atoms with Crippen LogP contribution in [0.5, 0.6) is 0 Å². The lowest BCUT2D eigenvalue weighted by atomic mass is 9.97. The van der Waals surface area contributed by atoms with Gasteiger partial charge >= 0.3 is 0 Å². The highest BCUT2D eigenvalue weighted by Crippen LogP contribution is 2.29. The van der Waals surface area contributed by atoms with Gasteiger partial charge in [0.2, 0.25) is 0 Å². The fourth-order valence-electron chi connectivity index (χ4n) is 3.55. The zero-order valence-electron chi connectivity index (χ0n) is 13.9. The molecule has 1 spiro atoms. The summed E-state index contributed by atoms with van der Waals surface area (Å²) < 4.78 is 0.